The largest absolute Gasteiger partial charge is 0.371 e. The van der Waals surface area contributed by atoms with Gasteiger partial charge in [-0.3, -0.25) is 0 Å². The van der Waals surface area contributed by atoms with Gasteiger partial charge in [-0.2, -0.15) is 0 Å². The van der Waals surface area contributed by atoms with Crippen molar-refractivity contribution in [3.8, 4) is 0 Å². The van der Waals surface area contributed by atoms with Gasteiger partial charge in [0.1, 0.15) is 6.79 Å². The molecule has 2 heteroatoms. The summed E-state index contributed by atoms with van der Waals surface area (Å²) in [5.41, 5.74) is 0. The van der Waals surface area contributed by atoms with E-state index in [1.54, 1.807) is 0 Å². The quantitative estimate of drug-likeness (QED) is 0.423. The second kappa shape index (κ2) is 20.5. The van der Waals surface area contributed by atoms with Crippen LogP contribution in [-0.4, -0.2) is 17.0 Å². The van der Waals surface area contributed by atoms with E-state index in [9.17, 15) is 0 Å². The first-order chi connectivity index (χ1) is 2.83. The summed E-state index contributed by atoms with van der Waals surface area (Å²) in [5.74, 6) is 0. The molecular formula is C4H12O2. The molecule has 2 nitrogen and oxygen atoms in total. The minimum Gasteiger partial charge on any atom is -0.371 e. The van der Waals surface area contributed by atoms with Crippen LogP contribution in [0.2, 0.25) is 0 Å². The molecule has 6 heavy (non-hydrogen) atoms. The van der Waals surface area contributed by atoms with Crippen molar-refractivity contribution in [3.05, 3.63) is 0 Å². The molecule has 0 aromatic heterocycles. The van der Waals surface area contributed by atoms with Crippen molar-refractivity contribution in [2.45, 2.75) is 20.3 Å². The van der Waals surface area contributed by atoms with E-state index in [0.29, 0.717) is 0 Å². The molecule has 0 aliphatic rings. The van der Waals surface area contributed by atoms with E-state index in [-0.39, 0.29) is 0 Å². The highest BCUT2D eigenvalue weighted by Crippen LogP contribution is 1.56. The van der Waals surface area contributed by atoms with Gasteiger partial charge in [0, 0.05) is 0 Å². The van der Waals surface area contributed by atoms with E-state index in [1.807, 2.05) is 0 Å². The maximum Gasteiger partial charge on any atom is 0.140 e. The van der Waals surface area contributed by atoms with E-state index in [4.69, 9.17) is 10.2 Å². The molecule has 0 aliphatic heterocycles. The number of hydrogen-bond acceptors (Lipinski definition) is 2. The van der Waals surface area contributed by atoms with E-state index in [0.717, 1.165) is 0 Å². The van der Waals surface area contributed by atoms with Gasteiger partial charge in [0.2, 0.25) is 0 Å². The molecule has 2 N–H and O–H groups in total. The molecule has 0 aliphatic carbocycles. The number of rotatable bonds is 0. The lowest BCUT2D eigenvalue weighted by Crippen LogP contribution is -1.66. The topological polar surface area (TPSA) is 40.5 Å². The van der Waals surface area contributed by atoms with E-state index >= 15 is 0 Å². The van der Waals surface area contributed by atoms with Gasteiger partial charge < -0.3 is 10.2 Å². The lowest BCUT2D eigenvalue weighted by molar-refractivity contribution is 0.0773. The summed E-state index contributed by atoms with van der Waals surface area (Å²) in [5, 5.41) is 14.2. The molecule has 0 amide bonds. The molecule has 0 aromatic rings. The van der Waals surface area contributed by atoms with Crippen LogP contribution in [0.3, 0.4) is 0 Å². The summed E-state index contributed by atoms with van der Waals surface area (Å²) in [6, 6.07) is 0. The predicted octanol–water partition coefficient (Wildman–Crippen LogP) is 0.345. The first kappa shape index (κ1) is 9.33. The number of aliphatic hydroxyl groups excluding tert-OH is 1. The highest BCUT2D eigenvalue weighted by molar-refractivity contribution is 3.92. The average Bonchev–Trinajstić information content (AvgIpc) is 1.39. The molecule has 0 atom stereocenters. The summed E-state index contributed by atoms with van der Waals surface area (Å²) in [6.07, 6.45) is 1.25. The maximum absolute atomic E-state index is 7.12. The summed E-state index contributed by atoms with van der Waals surface area (Å²) >= 11 is 0. The fraction of sp³-hybridized carbons (Fsp3) is 1.00. The number of hydrogen-bond donors (Lipinski definition) is 2. The third-order valence-electron chi connectivity index (χ3n) is 0. The highest BCUT2D eigenvalue weighted by Gasteiger charge is 1.35. The highest BCUT2D eigenvalue weighted by atomic mass is 16.5. The minimum absolute atomic E-state index is 0.750. The molecule has 0 bridgehead atoms. The molecule has 0 spiro atoms. The predicted molar refractivity (Wildman–Crippen MR) is 25.3 cm³/mol. The van der Waals surface area contributed by atoms with E-state index in [2.05, 4.69) is 13.8 Å². The lowest BCUT2D eigenvalue weighted by atomic mass is 10.6. The number of aliphatic hydroxyl groups is 2. The smallest absolute Gasteiger partial charge is 0.140 e. The monoisotopic (exact) mass is 92.1 g/mol. The Hall–Kier alpha value is -0.0800. The van der Waals surface area contributed by atoms with Gasteiger partial charge in [-0.15, -0.1) is 0 Å². The van der Waals surface area contributed by atoms with Gasteiger partial charge in [0.15, 0.2) is 0 Å². The third kappa shape index (κ3) is 5220. The summed E-state index contributed by atoms with van der Waals surface area (Å²) < 4.78 is 0. The van der Waals surface area contributed by atoms with Gasteiger partial charge in [-0.1, -0.05) is 20.3 Å². The van der Waals surface area contributed by atoms with Crippen molar-refractivity contribution < 1.29 is 10.2 Å². The lowest BCUT2D eigenvalue weighted by Gasteiger charge is -1.55. The Bertz CT molecular complexity index is 7.51. The summed E-state index contributed by atoms with van der Waals surface area (Å²) in [6.45, 7) is 3.50. The third-order valence-corrected chi connectivity index (χ3v) is 0. The SMILES string of the molecule is CCC.OCO. The fourth-order valence-corrected chi connectivity index (χ4v) is 0. The van der Waals surface area contributed by atoms with Crippen LogP contribution in [0.15, 0.2) is 0 Å². The van der Waals surface area contributed by atoms with Gasteiger partial charge in [0.05, 0.1) is 0 Å². The zero-order valence-electron chi connectivity index (χ0n) is 4.31. The van der Waals surface area contributed by atoms with Crippen LogP contribution in [-0.2, 0) is 0 Å². The van der Waals surface area contributed by atoms with Crippen molar-refractivity contribution in [2.24, 2.45) is 0 Å². The van der Waals surface area contributed by atoms with Crippen LogP contribution in [0.25, 0.3) is 0 Å². The average molecular weight is 92.1 g/mol. The first-order valence-corrected chi connectivity index (χ1v) is 2.05. The first-order valence-electron chi connectivity index (χ1n) is 2.05. The van der Waals surface area contributed by atoms with Crippen LogP contribution in [0, 0.1) is 0 Å². The Morgan fingerprint density at radius 3 is 1.17 bits per heavy atom. The molecule has 0 rings (SSSR count). The Labute approximate surface area is 38.4 Å². The van der Waals surface area contributed by atoms with Crippen LogP contribution in [0.5, 0.6) is 0 Å². The Morgan fingerprint density at radius 1 is 1.17 bits per heavy atom. The molecule has 0 saturated heterocycles. The van der Waals surface area contributed by atoms with Crippen molar-refractivity contribution in [3.63, 3.8) is 0 Å². The minimum atomic E-state index is -0.750. The van der Waals surface area contributed by atoms with E-state index in [1.165, 1.54) is 6.42 Å². The summed E-state index contributed by atoms with van der Waals surface area (Å²) in [7, 11) is 0. The molecule has 0 fully saturated rings. The molecule has 0 heterocycles. The molecule has 0 unspecified atom stereocenters. The van der Waals surface area contributed by atoms with Crippen LogP contribution < -0.4 is 0 Å². The van der Waals surface area contributed by atoms with Gasteiger partial charge in [-0.05, 0) is 0 Å². The molecule has 0 radical (unpaired) electrons. The molecule has 0 saturated carbocycles. The maximum atomic E-state index is 7.12. The zero-order valence-corrected chi connectivity index (χ0v) is 4.31. The van der Waals surface area contributed by atoms with Gasteiger partial charge in [-0.25, -0.2) is 0 Å². The van der Waals surface area contributed by atoms with Gasteiger partial charge >= 0.3 is 0 Å². The molecule has 0 aromatic carbocycles. The second-order valence-electron chi connectivity index (χ2n) is 0.849. The van der Waals surface area contributed by atoms with Gasteiger partial charge in [0.25, 0.3) is 0 Å². The van der Waals surface area contributed by atoms with Crippen LogP contribution in [0.4, 0.5) is 0 Å². The zero-order chi connectivity index (χ0) is 5.41. The van der Waals surface area contributed by atoms with E-state index < -0.39 is 6.79 Å². The Morgan fingerprint density at radius 2 is 1.17 bits per heavy atom. The van der Waals surface area contributed by atoms with Crippen molar-refractivity contribution in [2.75, 3.05) is 6.79 Å². The van der Waals surface area contributed by atoms with Crippen molar-refractivity contribution in [1.82, 2.24) is 0 Å². The Balaban J connectivity index is 0. The van der Waals surface area contributed by atoms with Crippen molar-refractivity contribution >= 4 is 0 Å². The van der Waals surface area contributed by atoms with Crippen LogP contribution in [0.1, 0.15) is 20.3 Å². The second-order valence-corrected chi connectivity index (χ2v) is 0.849. The van der Waals surface area contributed by atoms with Crippen LogP contribution >= 0.6 is 0 Å². The normalized spacial score (nSPS) is 6.00. The molecular weight excluding hydrogens is 80.0 g/mol. The summed E-state index contributed by atoms with van der Waals surface area (Å²) in [4.78, 5) is 0. The standard InChI is InChI=1S/C3H8.CH4O2/c1-3-2;2-1-3/h3H2,1-2H3;2-3H,1H2. The molecule has 40 valence electrons. The van der Waals surface area contributed by atoms with Crippen molar-refractivity contribution in [1.29, 1.82) is 0 Å². The fourth-order valence-electron chi connectivity index (χ4n) is 0. The Kier molecular flexibility index (Phi) is 31.9.